The summed E-state index contributed by atoms with van der Waals surface area (Å²) >= 11 is 0. The maximum Gasteiger partial charge on any atom is 0.243 e. The van der Waals surface area contributed by atoms with Crippen LogP contribution in [0.1, 0.15) is 81.9 Å². The summed E-state index contributed by atoms with van der Waals surface area (Å²) in [6.07, 6.45) is 8.47. The van der Waals surface area contributed by atoms with Crippen molar-refractivity contribution in [2.24, 2.45) is 0 Å². The predicted molar refractivity (Wildman–Crippen MR) is 158 cm³/mol. The van der Waals surface area contributed by atoms with Crippen molar-refractivity contribution in [2.75, 3.05) is 17.1 Å². The maximum atomic E-state index is 13.7. The van der Waals surface area contributed by atoms with Gasteiger partial charge < -0.3 is 10.2 Å². The number of sulfonamides is 1. The van der Waals surface area contributed by atoms with Crippen LogP contribution < -0.4 is 9.62 Å². The summed E-state index contributed by atoms with van der Waals surface area (Å²) in [5.41, 5.74) is 3.79. The van der Waals surface area contributed by atoms with Gasteiger partial charge in [0.25, 0.3) is 0 Å². The van der Waals surface area contributed by atoms with Gasteiger partial charge in [-0.1, -0.05) is 75.1 Å². The largest absolute Gasteiger partial charge is 0.352 e. The van der Waals surface area contributed by atoms with Crippen molar-refractivity contribution in [2.45, 2.75) is 97.2 Å². The molecule has 0 heterocycles. The zero-order valence-corrected chi connectivity index (χ0v) is 24.8. The average molecular weight is 556 g/mol. The average Bonchev–Trinajstić information content (AvgIpc) is 2.91. The third-order valence-corrected chi connectivity index (χ3v) is 8.75. The minimum absolute atomic E-state index is 0.0980. The Morgan fingerprint density at radius 3 is 2.28 bits per heavy atom. The van der Waals surface area contributed by atoms with Gasteiger partial charge in [0.05, 0.1) is 11.9 Å². The van der Waals surface area contributed by atoms with Crippen molar-refractivity contribution < 1.29 is 18.0 Å². The van der Waals surface area contributed by atoms with Crippen LogP contribution in [0.15, 0.2) is 48.5 Å². The van der Waals surface area contributed by atoms with Crippen LogP contribution in [0.25, 0.3) is 0 Å². The monoisotopic (exact) mass is 555 g/mol. The summed E-state index contributed by atoms with van der Waals surface area (Å²) in [5, 5.41) is 3.21. The summed E-state index contributed by atoms with van der Waals surface area (Å²) < 4.78 is 26.5. The summed E-state index contributed by atoms with van der Waals surface area (Å²) in [4.78, 5) is 28.8. The Hall–Kier alpha value is -2.87. The van der Waals surface area contributed by atoms with Crippen LogP contribution in [-0.4, -0.2) is 50.0 Å². The van der Waals surface area contributed by atoms with E-state index in [9.17, 15) is 18.0 Å². The molecule has 2 amide bonds. The molecule has 0 spiro atoms. The number of nitrogens with zero attached hydrogens (tertiary/aromatic N) is 2. The highest BCUT2D eigenvalue weighted by atomic mass is 32.2. The van der Waals surface area contributed by atoms with Gasteiger partial charge in [-0.05, 0) is 62.3 Å². The second kappa shape index (κ2) is 14.5. The van der Waals surface area contributed by atoms with E-state index in [-0.39, 0.29) is 30.8 Å². The molecule has 3 rings (SSSR count). The molecule has 1 atom stereocenters. The van der Waals surface area contributed by atoms with Crippen LogP contribution in [-0.2, 0) is 32.6 Å². The lowest BCUT2D eigenvalue weighted by atomic mass is 9.95. The highest BCUT2D eigenvalue weighted by Gasteiger charge is 2.30. The standard InChI is InChI=1S/C31H45N3O4S/c1-5-25-17-19-28(20-18-25)34(39(4,37)38)21-11-16-30(35)33(23-26-13-10-12-24(3)22-26)29(6-2)31(36)32-27-14-8-7-9-15-27/h10,12-13,17-20,22,27,29H,5-9,11,14-16,21,23H2,1-4H3,(H,32,36)/t29-/m0/s1. The molecule has 0 saturated heterocycles. The minimum atomic E-state index is -3.52. The summed E-state index contributed by atoms with van der Waals surface area (Å²) in [6, 6.07) is 15.1. The van der Waals surface area contributed by atoms with Crippen LogP contribution in [0.2, 0.25) is 0 Å². The van der Waals surface area contributed by atoms with Gasteiger partial charge >= 0.3 is 0 Å². The van der Waals surface area contributed by atoms with Crippen molar-refractivity contribution in [1.82, 2.24) is 10.2 Å². The molecule has 1 N–H and O–H groups in total. The zero-order valence-electron chi connectivity index (χ0n) is 24.0. The first-order chi connectivity index (χ1) is 18.6. The molecule has 2 aromatic carbocycles. The fourth-order valence-electron chi connectivity index (χ4n) is 5.37. The van der Waals surface area contributed by atoms with E-state index >= 15 is 0 Å². The predicted octanol–water partition coefficient (Wildman–Crippen LogP) is 5.36. The number of anilines is 1. The number of hydrogen-bond donors (Lipinski definition) is 1. The molecule has 214 valence electrons. The van der Waals surface area contributed by atoms with Crippen LogP contribution in [0, 0.1) is 6.92 Å². The van der Waals surface area contributed by atoms with E-state index in [0.29, 0.717) is 25.1 Å². The molecular weight excluding hydrogens is 510 g/mol. The maximum absolute atomic E-state index is 13.7. The number of nitrogens with one attached hydrogen (secondary N) is 1. The topological polar surface area (TPSA) is 86.8 Å². The lowest BCUT2D eigenvalue weighted by Gasteiger charge is -2.33. The fourth-order valence-corrected chi connectivity index (χ4v) is 6.34. The molecule has 0 unspecified atom stereocenters. The van der Waals surface area contributed by atoms with E-state index in [1.165, 1.54) is 17.0 Å². The van der Waals surface area contributed by atoms with Gasteiger partial charge in [-0.3, -0.25) is 13.9 Å². The SMILES string of the molecule is CCc1ccc(N(CCCC(=O)N(Cc2cccc(C)c2)[C@@H](CC)C(=O)NC2CCCCC2)S(C)(=O)=O)cc1. The molecule has 1 aliphatic carbocycles. The normalized spacial score (nSPS) is 15.0. The second-order valence-corrected chi connectivity index (χ2v) is 12.6. The summed E-state index contributed by atoms with van der Waals surface area (Å²) in [6.45, 7) is 6.53. The van der Waals surface area contributed by atoms with Gasteiger partial charge in [-0.2, -0.15) is 0 Å². The molecule has 0 radical (unpaired) electrons. The Balaban J connectivity index is 1.75. The van der Waals surface area contributed by atoms with E-state index in [4.69, 9.17) is 0 Å². The van der Waals surface area contributed by atoms with Crippen LogP contribution in [0.3, 0.4) is 0 Å². The number of benzene rings is 2. The zero-order chi connectivity index (χ0) is 28.4. The lowest BCUT2D eigenvalue weighted by molar-refractivity contribution is -0.141. The molecule has 2 aromatic rings. The molecule has 39 heavy (non-hydrogen) atoms. The smallest absolute Gasteiger partial charge is 0.243 e. The number of carbonyl (C=O) groups excluding carboxylic acids is 2. The van der Waals surface area contributed by atoms with Crippen molar-refractivity contribution in [3.63, 3.8) is 0 Å². The first-order valence-corrected chi connectivity index (χ1v) is 16.2. The van der Waals surface area contributed by atoms with Crippen molar-refractivity contribution in [1.29, 1.82) is 0 Å². The highest BCUT2D eigenvalue weighted by Crippen LogP contribution is 2.22. The fraction of sp³-hybridized carbons (Fsp3) is 0.548. The van der Waals surface area contributed by atoms with Gasteiger partial charge in [0.2, 0.25) is 21.8 Å². The number of rotatable bonds is 13. The summed E-state index contributed by atoms with van der Waals surface area (Å²) in [5.74, 6) is -0.240. The van der Waals surface area contributed by atoms with Gasteiger partial charge in [0.1, 0.15) is 6.04 Å². The van der Waals surface area contributed by atoms with Crippen LogP contribution in [0.4, 0.5) is 5.69 Å². The first-order valence-electron chi connectivity index (χ1n) is 14.3. The Morgan fingerprint density at radius 1 is 1.00 bits per heavy atom. The molecule has 1 aliphatic rings. The number of amides is 2. The molecular formula is C31H45N3O4S. The van der Waals surface area contributed by atoms with Crippen LogP contribution >= 0.6 is 0 Å². The molecule has 0 aromatic heterocycles. The van der Waals surface area contributed by atoms with E-state index in [1.54, 1.807) is 4.90 Å². The van der Waals surface area contributed by atoms with E-state index in [2.05, 4.69) is 12.2 Å². The Bertz CT molecular complexity index is 1190. The molecule has 7 nitrogen and oxygen atoms in total. The van der Waals surface area contributed by atoms with E-state index in [1.807, 2.05) is 62.4 Å². The van der Waals surface area contributed by atoms with Crippen molar-refractivity contribution >= 4 is 27.5 Å². The van der Waals surface area contributed by atoms with Crippen molar-refractivity contribution in [3.8, 4) is 0 Å². The van der Waals surface area contributed by atoms with Crippen molar-refractivity contribution in [3.05, 3.63) is 65.2 Å². The van der Waals surface area contributed by atoms with Gasteiger partial charge in [-0.25, -0.2) is 8.42 Å². The number of hydrogen-bond acceptors (Lipinski definition) is 4. The molecule has 1 fully saturated rings. The van der Waals surface area contributed by atoms with Crippen LogP contribution in [0.5, 0.6) is 0 Å². The van der Waals surface area contributed by atoms with Gasteiger partial charge in [-0.15, -0.1) is 0 Å². The summed E-state index contributed by atoms with van der Waals surface area (Å²) in [7, 11) is -3.52. The molecule has 8 heteroatoms. The van der Waals surface area contributed by atoms with Gasteiger partial charge in [0, 0.05) is 25.6 Å². The quantitative estimate of drug-likeness (QED) is 0.361. The lowest BCUT2D eigenvalue weighted by Crippen LogP contribution is -2.51. The Kier molecular flexibility index (Phi) is 11.4. The molecule has 1 saturated carbocycles. The molecule has 0 bridgehead atoms. The third kappa shape index (κ3) is 9.09. The molecule has 0 aliphatic heterocycles. The minimum Gasteiger partial charge on any atom is -0.352 e. The number of aryl methyl sites for hydroxylation is 2. The van der Waals surface area contributed by atoms with E-state index < -0.39 is 16.1 Å². The first kappa shape index (κ1) is 30.7. The Morgan fingerprint density at radius 2 is 1.69 bits per heavy atom. The third-order valence-electron chi connectivity index (χ3n) is 7.56. The second-order valence-electron chi connectivity index (χ2n) is 10.7. The Labute approximate surface area is 235 Å². The highest BCUT2D eigenvalue weighted by molar-refractivity contribution is 7.92. The number of carbonyl (C=O) groups is 2. The van der Waals surface area contributed by atoms with Gasteiger partial charge in [0.15, 0.2) is 0 Å². The van der Waals surface area contributed by atoms with E-state index in [0.717, 1.165) is 48.8 Å².